The molecule has 0 saturated carbocycles. The molecule has 0 bridgehead atoms. The number of anilines is 4. The molecule has 8 aromatic rings. The second-order valence-corrected chi connectivity index (χ2v) is 24.1. The summed E-state index contributed by atoms with van der Waals surface area (Å²) in [6.07, 6.45) is 1.93. The van der Waals surface area contributed by atoms with E-state index < -0.39 is 0 Å². The minimum atomic E-state index is -0.0129. The Labute approximate surface area is 400 Å². The van der Waals surface area contributed by atoms with E-state index in [2.05, 4.69) is 252 Å². The largest absolute Gasteiger partial charge is 0.457 e. The zero-order chi connectivity index (χ0) is 48.0. The van der Waals surface area contributed by atoms with Crippen LogP contribution in [0.5, 0.6) is 11.5 Å². The van der Waals surface area contributed by atoms with E-state index in [-0.39, 0.29) is 27.1 Å². The molecule has 0 radical (unpaired) electrons. The Morgan fingerprint density at radius 2 is 0.970 bits per heavy atom. The minimum absolute atomic E-state index is 0.00810. The van der Waals surface area contributed by atoms with Gasteiger partial charge in [0.05, 0.1) is 22.4 Å². The lowest BCUT2D eigenvalue weighted by molar-refractivity contribution is 0.483. The van der Waals surface area contributed by atoms with Crippen molar-refractivity contribution in [1.82, 2.24) is 9.55 Å². The van der Waals surface area contributed by atoms with E-state index in [0.717, 1.165) is 39.4 Å². The molecule has 5 heteroatoms. The molecule has 0 amide bonds. The number of hydrogen-bond acceptors (Lipinski definition) is 4. The number of nitrogens with zero attached hydrogens (tertiary/aromatic N) is 4. The molecule has 1 aliphatic heterocycles. The summed E-state index contributed by atoms with van der Waals surface area (Å²) in [4.78, 5) is 9.87. The maximum atomic E-state index is 6.87. The number of aromatic nitrogens is 2. The molecular weight excluding hydrogens is 817 g/mol. The molecule has 344 valence electrons. The number of hydrogen-bond donors (Lipinski definition) is 0. The van der Waals surface area contributed by atoms with Gasteiger partial charge in [-0.05, 0) is 133 Å². The fourth-order valence-electron chi connectivity index (χ4n) is 9.29. The average Bonchev–Trinajstić information content (AvgIpc) is 3.80. The van der Waals surface area contributed by atoms with Crippen LogP contribution in [-0.4, -0.2) is 16.2 Å². The lowest BCUT2D eigenvalue weighted by Gasteiger charge is -2.29. The molecule has 0 spiro atoms. The molecule has 1 aliphatic rings. The van der Waals surface area contributed by atoms with E-state index in [1.54, 1.807) is 0 Å². The first-order chi connectivity index (χ1) is 31.3. The number of para-hydroxylation sites is 1. The monoisotopic (exact) mass is 887 g/mol. The number of fused-ring (bicyclic) bond motifs is 4. The molecule has 0 N–H and O–H groups in total. The summed E-state index contributed by atoms with van der Waals surface area (Å²) in [7, 11) is 0. The van der Waals surface area contributed by atoms with E-state index in [1.165, 1.54) is 61.4 Å². The zero-order valence-electron chi connectivity index (χ0n) is 42.7. The Bertz CT molecular complexity index is 3110. The van der Waals surface area contributed by atoms with Crippen molar-refractivity contribution in [3.05, 3.63) is 167 Å². The average molecular weight is 887 g/mol. The van der Waals surface area contributed by atoms with Crippen molar-refractivity contribution in [3.8, 4) is 28.4 Å². The standard InChI is InChI=1S/C62H70N4O/c1-58(2,3)42-27-28-63-57(36-42)66-53-22-17-16-21-51(53)52-25-24-50(38-55(52)66)67-49-20-18-19-47(37-49)64-39-65(48-34-45(61(10,11)12)33-46(35-48)62(13,14)15)54-26-23-40(31-56(54)64)41-29-43(59(4,5)6)32-44(30-41)60(7,8)9/h16-38H,39H2,1-15H3. The van der Waals surface area contributed by atoms with Crippen molar-refractivity contribution in [2.45, 2.75) is 131 Å². The van der Waals surface area contributed by atoms with Gasteiger partial charge in [-0.2, -0.15) is 0 Å². The maximum Gasteiger partial charge on any atom is 0.137 e. The van der Waals surface area contributed by atoms with Crippen LogP contribution in [0.4, 0.5) is 22.7 Å². The number of benzene rings is 6. The van der Waals surface area contributed by atoms with Gasteiger partial charge in [0, 0.05) is 40.5 Å². The Morgan fingerprint density at radius 3 is 1.60 bits per heavy atom. The molecular formula is C62H70N4O. The van der Waals surface area contributed by atoms with Crippen LogP contribution in [0.15, 0.2) is 140 Å². The molecule has 3 heterocycles. The molecule has 6 aromatic carbocycles. The van der Waals surface area contributed by atoms with Crippen LogP contribution in [0, 0.1) is 0 Å². The van der Waals surface area contributed by atoms with Gasteiger partial charge in [0.2, 0.25) is 0 Å². The van der Waals surface area contributed by atoms with Crippen LogP contribution >= 0.6 is 0 Å². The Hall–Kier alpha value is -6.33. The van der Waals surface area contributed by atoms with Gasteiger partial charge in [-0.15, -0.1) is 0 Å². The minimum Gasteiger partial charge on any atom is -0.457 e. The number of ether oxygens (including phenoxy) is 1. The van der Waals surface area contributed by atoms with E-state index in [9.17, 15) is 0 Å². The molecule has 0 unspecified atom stereocenters. The highest BCUT2D eigenvalue weighted by Gasteiger charge is 2.32. The number of pyridine rings is 1. The predicted molar refractivity (Wildman–Crippen MR) is 286 cm³/mol. The first-order valence-electron chi connectivity index (χ1n) is 24.1. The van der Waals surface area contributed by atoms with Gasteiger partial charge in [-0.1, -0.05) is 158 Å². The Morgan fingerprint density at radius 1 is 0.403 bits per heavy atom. The van der Waals surface area contributed by atoms with E-state index in [0.29, 0.717) is 6.67 Å². The van der Waals surface area contributed by atoms with E-state index in [4.69, 9.17) is 9.72 Å². The van der Waals surface area contributed by atoms with Crippen LogP contribution in [0.25, 0.3) is 38.8 Å². The van der Waals surface area contributed by atoms with Crippen LogP contribution in [0.2, 0.25) is 0 Å². The van der Waals surface area contributed by atoms with Gasteiger partial charge in [0.1, 0.15) is 24.0 Å². The fourth-order valence-corrected chi connectivity index (χ4v) is 9.29. The molecule has 2 aromatic heterocycles. The van der Waals surface area contributed by atoms with Crippen molar-refractivity contribution < 1.29 is 4.74 Å². The SMILES string of the molecule is CC(C)(C)c1cc(-c2ccc3c(c2)N(c2cccc(Oc4ccc5c6ccccc6n(-c6cc(C(C)(C)C)ccn6)c5c4)c2)CN3c2cc(C(C)(C)C)cc(C(C)(C)C)c2)cc(C(C)(C)C)c1. The lowest BCUT2D eigenvalue weighted by Crippen LogP contribution is -2.25. The summed E-state index contributed by atoms with van der Waals surface area (Å²) in [6.45, 7) is 35.2. The van der Waals surface area contributed by atoms with Crippen LogP contribution in [0.3, 0.4) is 0 Å². The van der Waals surface area contributed by atoms with Gasteiger partial charge in [-0.3, -0.25) is 4.57 Å². The van der Waals surface area contributed by atoms with Gasteiger partial charge >= 0.3 is 0 Å². The summed E-state index contributed by atoms with van der Waals surface area (Å²) >= 11 is 0. The van der Waals surface area contributed by atoms with Gasteiger partial charge in [-0.25, -0.2) is 4.98 Å². The molecule has 0 atom stereocenters. The van der Waals surface area contributed by atoms with Gasteiger partial charge in [0.25, 0.3) is 0 Å². The third kappa shape index (κ3) is 8.98. The van der Waals surface area contributed by atoms with Crippen molar-refractivity contribution >= 4 is 44.6 Å². The highest BCUT2D eigenvalue weighted by atomic mass is 16.5. The third-order valence-electron chi connectivity index (χ3n) is 13.7. The van der Waals surface area contributed by atoms with E-state index in [1.807, 2.05) is 6.20 Å². The van der Waals surface area contributed by atoms with Crippen molar-refractivity contribution in [1.29, 1.82) is 0 Å². The molecule has 0 fully saturated rings. The van der Waals surface area contributed by atoms with Crippen LogP contribution < -0.4 is 14.5 Å². The second kappa shape index (κ2) is 16.2. The maximum absolute atomic E-state index is 6.87. The Balaban J connectivity index is 1.16. The number of rotatable bonds is 6. The summed E-state index contributed by atoms with van der Waals surface area (Å²) in [6, 6.07) is 49.5. The molecule has 5 nitrogen and oxygen atoms in total. The van der Waals surface area contributed by atoms with Gasteiger partial charge in [0.15, 0.2) is 0 Å². The first kappa shape index (κ1) is 45.8. The summed E-state index contributed by atoms with van der Waals surface area (Å²) in [5.41, 5.74) is 15.9. The highest BCUT2D eigenvalue weighted by molar-refractivity contribution is 6.09. The Kier molecular flexibility index (Phi) is 11.1. The smallest absolute Gasteiger partial charge is 0.137 e. The quantitative estimate of drug-likeness (QED) is 0.167. The summed E-state index contributed by atoms with van der Waals surface area (Å²) in [5, 5.41) is 2.35. The predicted octanol–water partition coefficient (Wildman–Crippen LogP) is 17.4. The molecule has 9 rings (SSSR count). The highest BCUT2D eigenvalue weighted by Crippen LogP contribution is 2.49. The zero-order valence-corrected chi connectivity index (χ0v) is 42.7. The summed E-state index contributed by atoms with van der Waals surface area (Å²) < 4.78 is 9.14. The first-order valence-corrected chi connectivity index (χ1v) is 24.1. The molecule has 0 aliphatic carbocycles. The lowest BCUT2D eigenvalue weighted by atomic mass is 9.79. The normalized spacial score (nSPS) is 13.8. The topological polar surface area (TPSA) is 33.5 Å². The fraction of sp³-hybridized carbons (Fsp3) is 0.339. The van der Waals surface area contributed by atoms with Crippen molar-refractivity contribution in [3.63, 3.8) is 0 Å². The van der Waals surface area contributed by atoms with E-state index >= 15 is 0 Å². The van der Waals surface area contributed by atoms with Crippen molar-refractivity contribution in [2.75, 3.05) is 16.5 Å². The third-order valence-corrected chi connectivity index (χ3v) is 13.7. The molecule has 0 saturated heterocycles. The second-order valence-electron chi connectivity index (χ2n) is 24.1. The van der Waals surface area contributed by atoms with Crippen LogP contribution in [-0.2, 0) is 27.1 Å². The van der Waals surface area contributed by atoms with Crippen LogP contribution in [0.1, 0.15) is 132 Å². The van der Waals surface area contributed by atoms with Gasteiger partial charge < -0.3 is 14.5 Å². The summed E-state index contributed by atoms with van der Waals surface area (Å²) in [5.74, 6) is 2.45. The molecule has 67 heavy (non-hydrogen) atoms. The van der Waals surface area contributed by atoms with Crippen molar-refractivity contribution in [2.24, 2.45) is 0 Å².